The third-order valence-electron chi connectivity index (χ3n) is 3.82. The van der Waals surface area contributed by atoms with E-state index in [0.29, 0.717) is 25.9 Å². The van der Waals surface area contributed by atoms with E-state index < -0.39 is 53.0 Å². The highest BCUT2D eigenvalue weighted by molar-refractivity contribution is 5.77. The first-order valence-electron chi connectivity index (χ1n) is 15.6. The van der Waals surface area contributed by atoms with E-state index in [-0.39, 0.29) is 40.3 Å². The van der Waals surface area contributed by atoms with Gasteiger partial charge in [-0.1, -0.05) is 7.43 Å². The standard InChI is InChI=1S/C10H18O5.C9H16O5.C9H18O4.C4H10O2.CH4/c1-9(2,3)14-7(11)13-8(12)15-10(4,5)6;1-9(2,3)14-8(12)13-6-4-5-7(10)11;1-9(2,3)13-8(11)12-7-5-4-6-10;5-3-1-2-4-6;/h1-6H3;4-6H2,1-3H3,(H,10,11);10H,4-7H2,1-3H3;5-6H,1-4H2;1H4. The quantitative estimate of drug-likeness (QED) is 0.0746. The summed E-state index contributed by atoms with van der Waals surface area (Å²) in [6, 6.07) is 0. The molecule has 294 valence electrons. The maximum absolute atomic E-state index is 11.0. The van der Waals surface area contributed by atoms with Gasteiger partial charge in [-0.05, 0) is 115 Å². The van der Waals surface area contributed by atoms with Crippen LogP contribution in [0.2, 0.25) is 0 Å². The maximum atomic E-state index is 11.0. The second kappa shape index (κ2) is 29.5. The number of ether oxygens (including phenoxy) is 7. The molecule has 0 bridgehead atoms. The minimum atomic E-state index is -1.06. The van der Waals surface area contributed by atoms with Gasteiger partial charge in [0, 0.05) is 26.2 Å². The van der Waals surface area contributed by atoms with Crippen molar-refractivity contribution in [3.05, 3.63) is 0 Å². The van der Waals surface area contributed by atoms with Crippen LogP contribution in [-0.2, 0) is 38.0 Å². The average molecular weight is 719 g/mol. The Balaban J connectivity index is -0.000000181. The van der Waals surface area contributed by atoms with Gasteiger partial charge in [0.05, 0.1) is 13.2 Å². The Morgan fingerprint density at radius 3 is 0.980 bits per heavy atom. The number of hydrogen-bond acceptors (Lipinski definition) is 15. The molecule has 0 saturated heterocycles. The van der Waals surface area contributed by atoms with E-state index >= 15 is 0 Å². The Morgan fingerprint density at radius 1 is 0.449 bits per heavy atom. The number of carboxylic acid groups (broad SMARTS) is 1. The number of unbranched alkanes of at least 4 members (excludes halogenated alkanes) is 2. The van der Waals surface area contributed by atoms with Crippen LogP contribution >= 0.6 is 0 Å². The Hall–Kier alpha value is -3.37. The molecule has 0 aromatic carbocycles. The molecule has 0 saturated carbocycles. The number of carbonyl (C=O) groups is 5. The maximum Gasteiger partial charge on any atom is 0.519 e. The summed E-state index contributed by atoms with van der Waals surface area (Å²) in [5, 5.41) is 32.9. The minimum Gasteiger partial charge on any atom is -0.481 e. The van der Waals surface area contributed by atoms with Gasteiger partial charge in [-0.3, -0.25) is 4.79 Å². The highest BCUT2D eigenvalue weighted by Crippen LogP contribution is 2.12. The molecule has 0 aliphatic carbocycles. The van der Waals surface area contributed by atoms with E-state index in [1.807, 2.05) is 0 Å². The summed E-state index contributed by atoms with van der Waals surface area (Å²) in [4.78, 5) is 53.9. The fourth-order valence-electron chi connectivity index (χ4n) is 2.14. The minimum absolute atomic E-state index is 0. The summed E-state index contributed by atoms with van der Waals surface area (Å²) in [5.41, 5.74) is -2.48. The highest BCUT2D eigenvalue weighted by atomic mass is 16.8. The summed E-state index contributed by atoms with van der Waals surface area (Å²) in [7, 11) is 0. The first-order valence-corrected chi connectivity index (χ1v) is 15.6. The van der Waals surface area contributed by atoms with Gasteiger partial charge in [0.2, 0.25) is 0 Å². The molecule has 0 aromatic rings. The zero-order valence-corrected chi connectivity index (χ0v) is 31.0. The van der Waals surface area contributed by atoms with Crippen molar-refractivity contribution >= 4 is 30.6 Å². The molecule has 16 heteroatoms. The summed E-state index contributed by atoms with van der Waals surface area (Å²) in [6.45, 7) is 21.4. The second-order valence-corrected chi connectivity index (χ2v) is 13.7. The smallest absolute Gasteiger partial charge is 0.481 e. The van der Waals surface area contributed by atoms with Crippen molar-refractivity contribution in [2.75, 3.05) is 33.0 Å². The van der Waals surface area contributed by atoms with Crippen LogP contribution in [0.3, 0.4) is 0 Å². The van der Waals surface area contributed by atoms with Crippen molar-refractivity contribution in [2.24, 2.45) is 0 Å². The van der Waals surface area contributed by atoms with Crippen LogP contribution in [0.4, 0.5) is 19.2 Å². The topological polar surface area (TPSA) is 231 Å². The summed E-state index contributed by atoms with van der Waals surface area (Å²) >= 11 is 0. The highest BCUT2D eigenvalue weighted by Gasteiger charge is 2.24. The van der Waals surface area contributed by atoms with Gasteiger partial charge >= 0.3 is 30.6 Å². The molecule has 0 rings (SSSR count). The summed E-state index contributed by atoms with van der Waals surface area (Å²) < 4.78 is 32.9. The molecule has 0 spiro atoms. The number of carbonyl (C=O) groups excluding carboxylic acids is 4. The van der Waals surface area contributed by atoms with Crippen molar-refractivity contribution in [1.82, 2.24) is 0 Å². The van der Waals surface area contributed by atoms with Crippen molar-refractivity contribution in [2.45, 2.75) is 151 Å². The van der Waals surface area contributed by atoms with E-state index in [4.69, 9.17) is 44.1 Å². The van der Waals surface area contributed by atoms with Crippen molar-refractivity contribution in [1.29, 1.82) is 0 Å². The Bertz CT molecular complexity index is 845. The van der Waals surface area contributed by atoms with E-state index in [2.05, 4.69) is 9.47 Å². The van der Waals surface area contributed by atoms with Gasteiger partial charge < -0.3 is 53.6 Å². The molecule has 0 fully saturated rings. The Labute approximate surface area is 292 Å². The molecule has 4 N–H and O–H groups in total. The fourth-order valence-corrected chi connectivity index (χ4v) is 2.14. The molecule has 16 nitrogen and oxygen atoms in total. The Morgan fingerprint density at radius 2 is 0.714 bits per heavy atom. The van der Waals surface area contributed by atoms with Gasteiger partial charge in [0.15, 0.2) is 0 Å². The van der Waals surface area contributed by atoms with Crippen LogP contribution in [0.5, 0.6) is 0 Å². The predicted molar refractivity (Wildman–Crippen MR) is 181 cm³/mol. The van der Waals surface area contributed by atoms with Gasteiger partial charge in [-0.2, -0.15) is 0 Å². The number of aliphatic carboxylic acids is 1. The van der Waals surface area contributed by atoms with Gasteiger partial charge in [0.25, 0.3) is 0 Å². The third-order valence-corrected chi connectivity index (χ3v) is 3.82. The molecule has 0 unspecified atom stereocenters. The predicted octanol–water partition coefficient (Wildman–Crippen LogP) is 6.77. The van der Waals surface area contributed by atoms with E-state index in [1.54, 1.807) is 83.1 Å². The zero-order valence-electron chi connectivity index (χ0n) is 31.0. The number of rotatable bonds is 11. The monoisotopic (exact) mass is 718 g/mol. The lowest BCUT2D eigenvalue weighted by Gasteiger charge is -2.20. The number of aliphatic hydroxyl groups excluding tert-OH is 3. The van der Waals surface area contributed by atoms with Crippen LogP contribution < -0.4 is 0 Å². The van der Waals surface area contributed by atoms with Crippen LogP contribution in [0.25, 0.3) is 0 Å². The van der Waals surface area contributed by atoms with Gasteiger partial charge in [-0.25, -0.2) is 19.2 Å². The molecule has 49 heavy (non-hydrogen) atoms. The average Bonchev–Trinajstić information content (AvgIpc) is 2.84. The zero-order chi connectivity index (χ0) is 38.6. The first kappa shape index (κ1) is 55.1. The van der Waals surface area contributed by atoms with Crippen molar-refractivity contribution < 1.29 is 77.6 Å². The van der Waals surface area contributed by atoms with Crippen molar-refractivity contribution in [3.63, 3.8) is 0 Å². The molecule has 0 atom stereocenters. The largest absolute Gasteiger partial charge is 0.519 e. The second-order valence-electron chi connectivity index (χ2n) is 13.7. The third kappa shape index (κ3) is 60.4. The number of aliphatic hydroxyl groups is 3. The molecule has 0 aliphatic rings. The molecule has 0 amide bonds. The summed E-state index contributed by atoms with van der Waals surface area (Å²) in [5.74, 6) is -0.905. The van der Waals surface area contributed by atoms with E-state index in [1.165, 1.54) is 0 Å². The molecular formula is C33H66O16. The molecule has 0 aromatic heterocycles. The lowest BCUT2D eigenvalue weighted by Crippen LogP contribution is -2.29. The fraction of sp³-hybridized carbons (Fsp3) is 0.848. The van der Waals surface area contributed by atoms with Crippen LogP contribution in [0.1, 0.15) is 129 Å². The number of hydrogen-bond donors (Lipinski definition) is 4. The molecule has 0 aliphatic heterocycles. The van der Waals surface area contributed by atoms with Crippen LogP contribution in [-0.4, -0.2) is 106 Å². The lowest BCUT2D eigenvalue weighted by molar-refractivity contribution is -0.137. The van der Waals surface area contributed by atoms with E-state index in [0.717, 1.165) is 12.8 Å². The molecule has 0 heterocycles. The van der Waals surface area contributed by atoms with Gasteiger partial charge in [0.1, 0.15) is 22.4 Å². The Kier molecular flexibility index (Phi) is 33.2. The summed E-state index contributed by atoms with van der Waals surface area (Å²) in [6.07, 6.45) is -0.495. The first-order chi connectivity index (χ1) is 21.7. The van der Waals surface area contributed by atoms with Crippen LogP contribution in [0, 0.1) is 0 Å². The van der Waals surface area contributed by atoms with Gasteiger partial charge in [-0.15, -0.1) is 0 Å². The molecule has 0 radical (unpaired) electrons. The molecular weight excluding hydrogens is 652 g/mol. The number of carboxylic acids is 1. The van der Waals surface area contributed by atoms with E-state index in [9.17, 15) is 24.0 Å². The normalized spacial score (nSPS) is 10.8. The van der Waals surface area contributed by atoms with Crippen molar-refractivity contribution in [3.8, 4) is 0 Å². The lowest BCUT2D eigenvalue weighted by atomic mass is 10.2. The van der Waals surface area contributed by atoms with Crippen LogP contribution in [0.15, 0.2) is 0 Å². The SMILES string of the molecule is C.CC(C)(C)OC(=O)OC(=O)OC(C)(C)C.CC(C)(C)OC(=O)OCCCC(=O)O.CC(C)(C)OC(=O)OCCCCO.OCCCCO.